The van der Waals surface area contributed by atoms with Gasteiger partial charge in [0, 0.05) is 62.1 Å². The molecule has 1 aliphatic rings. The number of anilines is 3. The fourth-order valence-corrected chi connectivity index (χ4v) is 4.74. The first-order valence-corrected chi connectivity index (χ1v) is 13.0. The SMILES string of the molecule is COc1ccccc1N1CCN(c2ccc(NC(=O)c3ccc(F)cc3)cc2C(=O)NCc2cccnc2)CC1. The molecule has 1 fully saturated rings. The Morgan fingerprint density at radius 2 is 1.60 bits per heavy atom. The molecule has 0 atom stereocenters. The molecule has 1 aromatic heterocycles. The lowest BCUT2D eigenvalue weighted by Gasteiger charge is -2.38. The predicted molar refractivity (Wildman–Crippen MR) is 154 cm³/mol. The van der Waals surface area contributed by atoms with Gasteiger partial charge < -0.3 is 25.2 Å². The van der Waals surface area contributed by atoms with E-state index in [1.807, 2.05) is 42.5 Å². The summed E-state index contributed by atoms with van der Waals surface area (Å²) < 4.78 is 18.8. The van der Waals surface area contributed by atoms with Gasteiger partial charge in [0.25, 0.3) is 11.8 Å². The van der Waals surface area contributed by atoms with Gasteiger partial charge in [0.1, 0.15) is 11.6 Å². The maximum absolute atomic E-state index is 13.5. The predicted octanol–water partition coefficient (Wildman–Crippen LogP) is 4.74. The van der Waals surface area contributed by atoms with E-state index < -0.39 is 5.82 Å². The summed E-state index contributed by atoms with van der Waals surface area (Å²) in [7, 11) is 1.67. The van der Waals surface area contributed by atoms with Gasteiger partial charge in [-0.25, -0.2) is 4.39 Å². The zero-order valence-corrected chi connectivity index (χ0v) is 22.1. The van der Waals surface area contributed by atoms with Crippen LogP contribution in [0.25, 0.3) is 0 Å². The molecule has 0 unspecified atom stereocenters. The molecule has 2 amide bonds. The number of nitrogens with one attached hydrogen (secondary N) is 2. The number of para-hydroxylation sites is 2. The number of benzene rings is 3. The molecule has 3 aromatic carbocycles. The Hall–Kier alpha value is -4.92. The maximum Gasteiger partial charge on any atom is 0.255 e. The number of pyridine rings is 1. The van der Waals surface area contributed by atoms with Gasteiger partial charge >= 0.3 is 0 Å². The minimum atomic E-state index is -0.417. The van der Waals surface area contributed by atoms with Crippen molar-refractivity contribution in [1.29, 1.82) is 0 Å². The normalized spacial score (nSPS) is 13.1. The van der Waals surface area contributed by atoms with Crippen molar-refractivity contribution >= 4 is 28.9 Å². The van der Waals surface area contributed by atoms with Gasteiger partial charge in [-0.3, -0.25) is 14.6 Å². The Labute approximate surface area is 232 Å². The number of carbonyl (C=O) groups is 2. The van der Waals surface area contributed by atoms with Crippen molar-refractivity contribution in [3.05, 3.63) is 114 Å². The van der Waals surface area contributed by atoms with Crippen LogP contribution in [0.2, 0.25) is 0 Å². The number of methoxy groups -OCH3 is 1. The molecular formula is C31H30FN5O3. The number of carbonyl (C=O) groups excluding carboxylic acids is 2. The lowest BCUT2D eigenvalue weighted by molar-refractivity contribution is 0.0950. The van der Waals surface area contributed by atoms with Crippen LogP contribution in [0.4, 0.5) is 21.5 Å². The fourth-order valence-electron chi connectivity index (χ4n) is 4.74. The average molecular weight is 540 g/mol. The summed E-state index contributed by atoms with van der Waals surface area (Å²) in [4.78, 5) is 34.8. The van der Waals surface area contributed by atoms with E-state index in [2.05, 4.69) is 25.4 Å². The minimum Gasteiger partial charge on any atom is -0.495 e. The zero-order valence-electron chi connectivity index (χ0n) is 22.1. The Kier molecular flexibility index (Phi) is 8.20. The van der Waals surface area contributed by atoms with Crippen LogP contribution in [0, 0.1) is 5.82 Å². The first-order chi connectivity index (χ1) is 19.5. The van der Waals surface area contributed by atoms with Crippen LogP contribution in [0.5, 0.6) is 5.75 Å². The van der Waals surface area contributed by atoms with Crippen molar-refractivity contribution in [2.75, 3.05) is 48.4 Å². The molecule has 0 saturated carbocycles. The summed E-state index contributed by atoms with van der Waals surface area (Å²) in [6.45, 7) is 3.21. The standard InChI is InChI=1S/C31H30FN5O3/c1-40-29-7-3-2-6-28(29)37-17-15-36(16-18-37)27-13-12-25(35-30(38)23-8-10-24(32)11-9-23)19-26(27)31(39)34-21-22-5-4-14-33-20-22/h2-14,19-20H,15-18,21H2,1H3,(H,34,39)(H,35,38). The van der Waals surface area contributed by atoms with E-state index in [1.54, 1.807) is 31.6 Å². The van der Waals surface area contributed by atoms with Crippen molar-refractivity contribution in [3.63, 3.8) is 0 Å². The monoisotopic (exact) mass is 539 g/mol. The Bertz CT molecular complexity index is 1470. The lowest BCUT2D eigenvalue weighted by Crippen LogP contribution is -2.47. The van der Waals surface area contributed by atoms with Gasteiger partial charge in [-0.15, -0.1) is 0 Å². The first-order valence-electron chi connectivity index (χ1n) is 13.0. The van der Waals surface area contributed by atoms with Crippen LogP contribution in [-0.4, -0.2) is 50.1 Å². The van der Waals surface area contributed by atoms with Crippen LogP contribution in [0.3, 0.4) is 0 Å². The molecule has 5 rings (SSSR count). The van der Waals surface area contributed by atoms with Crippen molar-refractivity contribution in [2.24, 2.45) is 0 Å². The van der Waals surface area contributed by atoms with Crippen molar-refractivity contribution in [2.45, 2.75) is 6.54 Å². The summed E-state index contributed by atoms with van der Waals surface area (Å²) in [5.41, 5.74) is 3.94. The maximum atomic E-state index is 13.5. The third kappa shape index (κ3) is 6.20. The molecule has 1 aliphatic heterocycles. The van der Waals surface area contributed by atoms with Gasteiger partial charge in [0.2, 0.25) is 0 Å². The topological polar surface area (TPSA) is 86.8 Å². The Balaban J connectivity index is 1.36. The second kappa shape index (κ2) is 12.3. The molecule has 2 N–H and O–H groups in total. The number of halogens is 1. The van der Waals surface area contributed by atoms with Crippen molar-refractivity contribution in [1.82, 2.24) is 10.3 Å². The van der Waals surface area contributed by atoms with Crippen LogP contribution < -0.4 is 25.2 Å². The molecule has 204 valence electrons. The minimum absolute atomic E-state index is 0.260. The fraction of sp³-hybridized carbons (Fsp3) is 0.194. The second-order valence-corrected chi connectivity index (χ2v) is 9.38. The number of piperazine rings is 1. The third-order valence-electron chi connectivity index (χ3n) is 6.83. The van der Waals surface area contributed by atoms with E-state index in [4.69, 9.17) is 4.74 Å². The molecule has 4 aromatic rings. The molecule has 0 spiro atoms. The van der Waals surface area contributed by atoms with Crippen molar-refractivity contribution in [3.8, 4) is 5.75 Å². The van der Waals surface area contributed by atoms with E-state index in [0.29, 0.717) is 36.4 Å². The molecule has 0 bridgehead atoms. The van der Waals surface area contributed by atoms with Crippen molar-refractivity contribution < 1.29 is 18.7 Å². The highest BCUT2D eigenvalue weighted by atomic mass is 19.1. The lowest BCUT2D eigenvalue weighted by atomic mass is 10.1. The molecular weight excluding hydrogens is 509 g/mol. The highest BCUT2D eigenvalue weighted by Crippen LogP contribution is 2.31. The van der Waals surface area contributed by atoms with Gasteiger partial charge in [-0.1, -0.05) is 18.2 Å². The van der Waals surface area contributed by atoms with E-state index in [1.165, 1.54) is 24.3 Å². The Morgan fingerprint density at radius 3 is 2.30 bits per heavy atom. The average Bonchev–Trinajstić information content (AvgIpc) is 3.00. The number of aromatic nitrogens is 1. The number of hydrogen-bond donors (Lipinski definition) is 2. The number of hydrogen-bond acceptors (Lipinski definition) is 6. The molecule has 1 saturated heterocycles. The molecule has 40 heavy (non-hydrogen) atoms. The van der Waals surface area contributed by atoms with Crippen LogP contribution >= 0.6 is 0 Å². The molecule has 8 nitrogen and oxygen atoms in total. The highest BCUT2D eigenvalue weighted by molar-refractivity contribution is 6.06. The first kappa shape index (κ1) is 26.7. The van der Waals surface area contributed by atoms with Gasteiger partial charge in [0.05, 0.1) is 18.4 Å². The van der Waals surface area contributed by atoms with E-state index in [-0.39, 0.29) is 11.8 Å². The molecule has 0 aliphatic carbocycles. The van der Waals surface area contributed by atoms with E-state index in [0.717, 1.165) is 35.8 Å². The zero-order chi connectivity index (χ0) is 27.9. The summed E-state index contributed by atoms with van der Waals surface area (Å²) in [5.74, 6) is -0.240. The molecule has 2 heterocycles. The molecule has 0 radical (unpaired) electrons. The summed E-state index contributed by atoms with van der Waals surface area (Å²) in [6.07, 6.45) is 3.39. The van der Waals surface area contributed by atoms with Gasteiger partial charge in [0.15, 0.2) is 0 Å². The van der Waals surface area contributed by atoms with E-state index >= 15 is 0 Å². The molecule has 9 heteroatoms. The summed E-state index contributed by atoms with van der Waals surface area (Å²) in [5, 5.41) is 5.80. The summed E-state index contributed by atoms with van der Waals surface area (Å²) in [6, 6.07) is 22.3. The number of nitrogens with zero attached hydrogens (tertiary/aromatic N) is 3. The number of rotatable bonds is 8. The van der Waals surface area contributed by atoms with Crippen LogP contribution in [0.15, 0.2) is 91.3 Å². The quantitative estimate of drug-likeness (QED) is 0.337. The number of amides is 2. The Morgan fingerprint density at radius 1 is 0.875 bits per heavy atom. The highest BCUT2D eigenvalue weighted by Gasteiger charge is 2.24. The number of ether oxygens (including phenoxy) is 1. The van der Waals surface area contributed by atoms with E-state index in [9.17, 15) is 14.0 Å². The van der Waals surface area contributed by atoms with Crippen LogP contribution in [0.1, 0.15) is 26.3 Å². The second-order valence-electron chi connectivity index (χ2n) is 9.38. The van der Waals surface area contributed by atoms with Gasteiger partial charge in [-0.2, -0.15) is 0 Å². The third-order valence-corrected chi connectivity index (χ3v) is 6.83. The van der Waals surface area contributed by atoms with Crippen LogP contribution in [-0.2, 0) is 6.54 Å². The van der Waals surface area contributed by atoms with Gasteiger partial charge in [-0.05, 0) is 66.2 Å². The summed E-state index contributed by atoms with van der Waals surface area (Å²) >= 11 is 0. The largest absolute Gasteiger partial charge is 0.495 e. The smallest absolute Gasteiger partial charge is 0.255 e.